The van der Waals surface area contributed by atoms with Crippen LogP contribution in [0.2, 0.25) is 0 Å². The number of hydrogen-bond donors (Lipinski definition) is 1. The van der Waals surface area contributed by atoms with Crippen LogP contribution in [0, 0.1) is 6.92 Å². The highest BCUT2D eigenvalue weighted by atomic mass is 32.1. The average molecular weight is 266 g/mol. The summed E-state index contributed by atoms with van der Waals surface area (Å²) in [5.41, 5.74) is 9.91. The molecule has 3 heteroatoms. The quantitative estimate of drug-likeness (QED) is 0.700. The highest BCUT2D eigenvalue weighted by Gasteiger charge is 2.10. The topological polar surface area (TPSA) is 38.9 Å². The first-order valence-corrected chi connectivity index (χ1v) is 6.94. The first kappa shape index (κ1) is 11.9. The van der Waals surface area contributed by atoms with Crippen molar-refractivity contribution in [2.45, 2.75) is 6.92 Å². The van der Waals surface area contributed by atoms with Gasteiger partial charge in [-0.05, 0) is 24.6 Å². The molecule has 0 radical (unpaired) electrons. The molecule has 2 aromatic carbocycles. The zero-order valence-electron chi connectivity index (χ0n) is 10.6. The third-order valence-electron chi connectivity index (χ3n) is 2.99. The van der Waals surface area contributed by atoms with Gasteiger partial charge >= 0.3 is 0 Å². The number of anilines is 1. The highest BCUT2D eigenvalue weighted by molar-refractivity contribution is 7.18. The Bertz CT molecular complexity index is 685. The van der Waals surface area contributed by atoms with Gasteiger partial charge in [0.05, 0.1) is 10.6 Å². The number of nitrogens with zero attached hydrogens (tertiary/aromatic N) is 1. The van der Waals surface area contributed by atoms with E-state index >= 15 is 0 Å². The standard InChI is InChI=1S/C16H14N2S/c1-11-15(12-7-9-14(17)10-8-12)19-16(18-11)13-5-3-2-4-6-13/h2-10H,17H2,1H3. The molecule has 0 bridgehead atoms. The zero-order valence-corrected chi connectivity index (χ0v) is 11.4. The lowest BCUT2D eigenvalue weighted by Crippen LogP contribution is -1.83. The molecule has 0 aliphatic heterocycles. The van der Waals surface area contributed by atoms with E-state index in [1.54, 1.807) is 11.3 Å². The summed E-state index contributed by atoms with van der Waals surface area (Å²) in [4.78, 5) is 5.87. The Morgan fingerprint density at radius 1 is 0.895 bits per heavy atom. The summed E-state index contributed by atoms with van der Waals surface area (Å²) in [6, 6.07) is 18.2. The Hall–Kier alpha value is -2.13. The van der Waals surface area contributed by atoms with Crippen LogP contribution in [0.15, 0.2) is 54.6 Å². The summed E-state index contributed by atoms with van der Waals surface area (Å²) in [5.74, 6) is 0. The van der Waals surface area contributed by atoms with Crippen molar-refractivity contribution < 1.29 is 0 Å². The van der Waals surface area contributed by atoms with Gasteiger partial charge in [-0.2, -0.15) is 0 Å². The van der Waals surface area contributed by atoms with Crippen molar-refractivity contribution >= 4 is 17.0 Å². The van der Waals surface area contributed by atoms with Crippen LogP contribution in [0.3, 0.4) is 0 Å². The Balaban J connectivity index is 2.05. The molecule has 3 aromatic rings. The van der Waals surface area contributed by atoms with Gasteiger partial charge in [0.2, 0.25) is 0 Å². The number of thiazole rings is 1. The minimum Gasteiger partial charge on any atom is -0.399 e. The van der Waals surface area contributed by atoms with Crippen molar-refractivity contribution in [3.05, 3.63) is 60.3 Å². The summed E-state index contributed by atoms with van der Waals surface area (Å²) < 4.78 is 0. The summed E-state index contributed by atoms with van der Waals surface area (Å²) in [6.07, 6.45) is 0. The molecule has 1 aromatic heterocycles. The molecule has 19 heavy (non-hydrogen) atoms. The van der Waals surface area contributed by atoms with E-state index in [9.17, 15) is 0 Å². The zero-order chi connectivity index (χ0) is 13.2. The lowest BCUT2D eigenvalue weighted by atomic mass is 10.1. The summed E-state index contributed by atoms with van der Waals surface area (Å²) >= 11 is 1.72. The summed E-state index contributed by atoms with van der Waals surface area (Å²) in [7, 11) is 0. The van der Waals surface area contributed by atoms with Crippen LogP contribution < -0.4 is 5.73 Å². The van der Waals surface area contributed by atoms with E-state index < -0.39 is 0 Å². The molecule has 0 amide bonds. The van der Waals surface area contributed by atoms with Crippen LogP contribution in [0.1, 0.15) is 5.69 Å². The number of rotatable bonds is 2. The maximum absolute atomic E-state index is 5.73. The number of hydrogen-bond acceptors (Lipinski definition) is 3. The van der Waals surface area contributed by atoms with Gasteiger partial charge in [0, 0.05) is 11.3 Å². The highest BCUT2D eigenvalue weighted by Crippen LogP contribution is 2.35. The predicted octanol–water partition coefficient (Wildman–Crippen LogP) is 4.37. The molecule has 94 valence electrons. The fourth-order valence-electron chi connectivity index (χ4n) is 2.00. The van der Waals surface area contributed by atoms with Crippen LogP contribution >= 0.6 is 11.3 Å². The third-order valence-corrected chi connectivity index (χ3v) is 4.25. The maximum atomic E-state index is 5.73. The molecule has 0 aliphatic rings. The molecule has 0 fully saturated rings. The first-order chi connectivity index (χ1) is 9.24. The van der Waals surface area contributed by atoms with Crippen LogP contribution in [0.4, 0.5) is 5.69 Å². The fraction of sp³-hybridized carbons (Fsp3) is 0.0625. The van der Waals surface area contributed by atoms with Gasteiger partial charge < -0.3 is 5.73 Å². The van der Waals surface area contributed by atoms with E-state index in [1.165, 1.54) is 10.4 Å². The van der Waals surface area contributed by atoms with Crippen molar-refractivity contribution in [3.63, 3.8) is 0 Å². The number of nitrogen functional groups attached to an aromatic ring is 1. The summed E-state index contributed by atoms with van der Waals surface area (Å²) in [5, 5.41) is 1.06. The molecule has 1 heterocycles. The monoisotopic (exact) mass is 266 g/mol. The smallest absolute Gasteiger partial charge is 0.124 e. The number of aromatic nitrogens is 1. The minimum atomic E-state index is 0.786. The lowest BCUT2D eigenvalue weighted by molar-refractivity contribution is 1.27. The van der Waals surface area contributed by atoms with Crippen molar-refractivity contribution in [1.29, 1.82) is 0 Å². The molecule has 0 aliphatic carbocycles. The fourth-order valence-corrected chi connectivity index (χ4v) is 3.08. The van der Waals surface area contributed by atoms with Crippen LogP contribution in [-0.4, -0.2) is 4.98 Å². The van der Waals surface area contributed by atoms with E-state index in [0.717, 1.165) is 22.0 Å². The molecule has 2 nitrogen and oxygen atoms in total. The van der Waals surface area contributed by atoms with Gasteiger partial charge in [0.15, 0.2) is 0 Å². The molecule has 0 spiro atoms. The van der Waals surface area contributed by atoms with E-state index in [1.807, 2.05) is 42.5 Å². The van der Waals surface area contributed by atoms with E-state index in [0.29, 0.717) is 0 Å². The number of aryl methyl sites for hydroxylation is 1. The van der Waals surface area contributed by atoms with Crippen molar-refractivity contribution in [3.8, 4) is 21.0 Å². The Morgan fingerprint density at radius 2 is 1.58 bits per heavy atom. The molecular weight excluding hydrogens is 252 g/mol. The predicted molar refractivity (Wildman–Crippen MR) is 82.1 cm³/mol. The second-order valence-corrected chi connectivity index (χ2v) is 5.42. The number of benzene rings is 2. The molecule has 0 saturated heterocycles. The molecule has 2 N–H and O–H groups in total. The van der Waals surface area contributed by atoms with Gasteiger partial charge in [-0.3, -0.25) is 0 Å². The maximum Gasteiger partial charge on any atom is 0.124 e. The number of nitrogens with two attached hydrogens (primary N) is 1. The van der Waals surface area contributed by atoms with Crippen molar-refractivity contribution in [2.75, 3.05) is 5.73 Å². The van der Waals surface area contributed by atoms with Crippen molar-refractivity contribution in [2.24, 2.45) is 0 Å². The van der Waals surface area contributed by atoms with E-state index in [4.69, 9.17) is 5.73 Å². The second-order valence-electron chi connectivity index (χ2n) is 4.42. The summed E-state index contributed by atoms with van der Waals surface area (Å²) in [6.45, 7) is 2.05. The average Bonchev–Trinajstić information content (AvgIpc) is 2.83. The Morgan fingerprint density at radius 3 is 2.26 bits per heavy atom. The van der Waals surface area contributed by atoms with Gasteiger partial charge in [-0.1, -0.05) is 42.5 Å². The largest absolute Gasteiger partial charge is 0.399 e. The third kappa shape index (κ3) is 2.37. The van der Waals surface area contributed by atoms with Crippen LogP contribution in [0.5, 0.6) is 0 Å². The van der Waals surface area contributed by atoms with Crippen molar-refractivity contribution in [1.82, 2.24) is 4.98 Å². The van der Waals surface area contributed by atoms with Gasteiger partial charge in [-0.25, -0.2) is 4.98 Å². The van der Waals surface area contributed by atoms with Crippen LogP contribution in [0.25, 0.3) is 21.0 Å². The van der Waals surface area contributed by atoms with E-state index in [2.05, 4.69) is 24.0 Å². The molecule has 3 rings (SSSR count). The molecule has 0 atom stereocenters. The van der Waals surface area contributed by atoms with Gasteiger partial charge in [0.25, 0.3) is 0 Å². The lowest BCUT2D eigenvalue weighted by Gasteiger charge is -1.99. The molecule has 0 unspecified atom stereocenters. The minimum absolute atomic E-state index is 0.786. The SMILES string of the molecule is Cc1nc(-c2ccccc2)sc1-c1ccc(N)cc1. The molecule has 0 saturated carbocycles. The molecular formula is C16H14N2S. The Kier molecular flexibility index (Phi) is 3.05. The van der Waals surface area contributed by atoms with Gasteiger partial charge in [-0.15, -0.1) is 11.3 Å². The Labute approximate surface area is 116 Å². The van der Waals surface area contributed by atoms with E-state index in [-0.39, 0.29) is 0 Å². The van der Waals surface area contributed by atoms with Crippen LogP contribution in [-0.2, 0) is 0 Å². The first-order valence-electron chi connectivity index (χ1n) is 6.13. The normalized spacial score (nSPS) is 10.6. The van der Waals surface area contributed by atoms with Gasteiger partial charge in [0.1, 0.15) is 5.01 Å². The second kappa shape index (κ2) is 4.86.